The number of hydrogen-bond donors (Lipinski definition) is 1. The average molecular weight is 232 g/mol. The van der Waals surface area contributed by atoms with E-state index in [2.05, 4.69) is 5.32 Å². The van der Waals surface area contributed by atoms with E-state index in [4.69, 9.17) is 16.3 Å². The number of rotatable bonds is 6. The van der Waals surface area contributed by atoms with Crippen molar-refractivity contribution in [2.75, 3.05) is 25.6 Å². The summed E-state index contributed by atoms with van der Waals surface area (Å²) in [6, 6.07) is 0. The molecule has 2 fully saturated rings. The number of halogens is 1. The molecular formula is C11H18ClNO2. The van der Waals surface area contributed by atoms with E-state index >= 15 is 0 Å². The zero-order chi connectivity index (χ0) is 10.7. The quantitative estimate of drug-likeness (QED) is 0.555. The maximum atomic E-state index is 11.7. The zero-order valence-corrected chi connectivity index (χ0v) is 9.63. The van der Waals surface area contributed by atoms with Crippen molar-refractivity contribution in [3.8, 4) is 0 Å². The van der Waals surface area contributed by atoms with E-state index in [0.29, 0.717) is 43.4 Å². The van der Waals surface area contributed by atoms with E-state index in [1.165, 1.54) is 19.3 Å². The highest BCUT2D eigenvalue weighted by Crippen LogP contribution is 2.57. The van der Waals surface area contributed by atoms with Gasteiger partial charge in [0, 0.05) is 18.3 Å². The lowest BCUT2D eigenvalue weighted by molar-refractivity contribution is -0.123. The third-order valence-electron chi connectivity index (χ3n) is 3.48. The van der Waals surface area contributed by atoms with E-state index in [0.717, 1.165) is 0 Å². The number of nitrogens with one attached hydrogen (secondary N) is 1. The van der Waals surface area contributed by atoms with Gasteiger partial charge in [0.1, 0.15) is 0 Å². The predicted octanol–water partition coefficient (Wildman–Crippen LogP) is 1.40. The molecule has 0 bridgehead atoms. The van der Waals surface area contributed by atoms with Gasteiger partial charge < -0.3 is 10.1 Å². The lowest BCUT2D eigenvalue weighted by atomic mass is 10.1. The van der Waals surface area contributed by atoms with Gasteiger partial charge in [0.2, 0.25) is 5.91 Å². The van der Waals surface area contributed by atoms with Gasteiger partial charge in [-0.05, 0) is 24.7 Å². The zero-order valence-electron chi connectivity index (χ0n) is 8.88. The number of carbonyl (C=O) groups excluding carboxylic acids is 1. The van der Waals surface area contributed by atoms with E-state index < -0.39 is 0 Å². The first-order chi connectivity index (χ1) is 7.34. The van der Waals surface area contributed by atoms with Crippen molar-refractivity contribution in [2.45, 2.75) is 19.3 Å². The van der Waals surface area contributed by atoms with Crippen LogP contribution in [0.2, 0.25) is 0 Å². The normalized spacial score (nSPS) is 32.5. The van der Waals surface area contributed by atoms with Crippen LogP contribution in [0.15, 0.2) is 0 Å². The molecule has 2 saturated carbocycles. The predicted molar refractivity (Wildman–Crippen MR) is 58.9 cm³/mol. The number of alkyl halides is 1. The number of carbonyl (C=O) groups is 1. The molecule has 0 aliphatic heterocycles. The van der Waals surface area contributed by atoms with Crippen molar-refractivity contribution < 1.29 is 9.53 Å². The van der Waals surface area contributed by atoms with Crippen LogP contribution < -0.4 is 5.32 Å². The van der Waals surface area contributed by atoms with E-state index in [1.54, 1.807) is 0 Å². The van der Waals surface area contributed by atoms with Crippen LogP contribution >= 0.6 is 11.6 Å². The van der Waals surface area contributed by atoms with Gasteiger partial charge in [-0.25, -0.2) is 0 Å². The number of ether oxygens (including phenoxy) is 1. The molecule has 15 heavy (non-hydrogen) atoms. The molecule has 2 aliphatic rings. The molecule has 4 heteroatoms. The molecule has 1 amide bonds. The van der Waals surface area contributed by atoms with Gasteiger partial charge in [0.05, 0.1) is 13.2 Å². The lowest BCUT2D eigenvalue weighted by Gasteiger charge is -2.06. The average Bonchev–Trinajstić information content (AvgIpc) is 2.72. The van der Waals surface area contributed by atoms with Gasteiger partial charge in [-0.1, -0.05) is 6.42 Å². The second kappa shape index (κ2) is 5.17. The first kappa shape index (κ1) is 11.2. The summed E-state index contributed by atoms with van der Waals surface area (Å²) in [4.78, 5) is 11.7. The van der Waals surface area contributed by atoms with Crippen LogP contribution in [0.1, 0.15) is 19.3 Å². The highest BCUT2D eigenvalue weighted by Gasteiger charge is 2.56. The van der Waals surface area contributed by atoms with Crippen molar-refractivity contribution >= 4 is 17.5 Å². The van der Waals surface area contributed by atoms with Gasteiger partial charge >= 0.3 is 0 Å². The number of fused-ring (bicyclic) bond motifs is 1. The second-order valence-electron chi connectivity index (χ2n) is 4.38. The molecular weight excluding hydrogens is 214 g/mol. The minimum absolute atomic E-state index is 0.235. The van der Waals surface area contributed by atoms with Gasteiger partial charge in [-0.3, -0.25) is 4.79 Å². The Bertz CT molecular complexity index is 225. The van der Waals surface area contributed by atoms with E-state index in [-0.39, 0.29) is 5.91 Å². The fourth-order valence-corrected chi connectivity index (χ4v) is 2.84. The SMILES string of the molecule is O=C(NCCOCCCl)C1C2CCCC21. The lowest BCUT2D eigenvalue weighted by Crippen LogP contribution is -2.30. The van der Waals surface area contributed by atoms with Crippen molar-refractivity contribution in [1.82, 2.24) is 5.32 Å². The van der Waals surface area contributed by atoms with Crippen LogP contribution in [0.5, 0.6) is 0 Å². The molecule has 86 valence electrons. The topological polar surface area (TPSA) is 38.3 Å². The second-order valence-corrected chi connectivity index (χ2v) is 4.75. The van der Waals surface area contributed by atoms with E-state index in [1.807, 2.05) is 0 Å². The molecule has 0 heterocycles. The Kier molecular flexibility index (Phi) is 3.87. The molecule has 3 nitrogen and oxygen atoms in total. The Hall–Kier alpha value is -0.280. The van der Waals surface area contributed by atoms with Gasteiger partial charge in [-0.2, -0.15) is 0 Å². The van der Waals surface area contributed by atoms with Crippen LogP contribution in [0.4, 0.5) is 0 Å². The monoisotopic (exact) mass is 231 g/mol. The minimum atomic E-state index is 0.235. The molecule has 0 aromatic rings. The van der Waals surface area contributed by atoms with E-state index in [9.17, 15) is 4.79 Å². The summed E-state index contributed by atoms with van der Waals surface area (Å²) in [7, 11) is 0. The Morgan fingerprint density at radius 2 is 2.07 bits per heavy atom. The largest absolute Gasteiger partial charge is 0.378 e. The van der Waals surface area contributed by atoms with Crippen molar-refractivity contribution in [1.29, 1.82) is 0 Å². The molecule has 2 unspecified atom stereocenters. The molecule has 2 aliphatic carbocycles. The minimum Gasteiger partial charge on any atom is -0.378 e. The smallest absolute Gasteiger partial charge is 0.223 e. The molecule has 0 saturated heterocycles. The first-order valence-corrected chi connectivity index (χ1v) is 6.29. The third kappa shape index (κ3) is 2.64. The summed E-state index contributed by atoms with van der Waals surface area (Å²) >= 11 is 5.46. The standard InChI is InChI=1S/C11H18ClNO2/c12-4-6-15-7-5-13-11(14)10-8-2-1-3-9(8)10/h8-10H,1-7H2,(H,13,14). The molecule has 2 atom stereocenters. The van der Waals surface area contributed by atoms with Crippen molar-refractivity contribution in [3.63, 3.8) is 0 Å². The number of hydrogen-bond acceptors (Lipinski definition) is 2. The van der Waals surface area contributed by atoms with Gasteiger partial charge in [0.25, 0.3) is 0 Å². The van der Waals surface area contributed by atoms with Crippen molar-refractivity contribution in [2.24, 2.45) is 17.8 Å². The van der Waals surface area contributed by atoms with Gasteiger partial charge in [0.15, 0.2) is 0 Å². The Balaban J connectivity index is 1.54. The number of amides is 1. The summed E-state index contributed by atoms with van der Waals surface area (Å²) in [6.07, 6.45) is 3.83. The van der Waals surface area contributed by atoms with Crippen LogP contribution in [0.25, 0.3) is 0 Å². The van der Waals surface area contributed by atoms with Crippen LogP contribution in [0, 0.1) is 17.8 Å². The van der Waals surface area contributed by atoms with Crippen molar-refractivity contribution in [3.05, 3.63) is 0 Å². The fraction of sp³-hybridized carbons (Fsp3) is 0.909. The molecule has 0 spiro atoms. The van der Waals surface area contributed by atoms with Crippen LogP contribution in [0.3, 0.4) is 0 Å². The summed E-state index contributed by atoms with van der Waals surface area (Å²) in [5, 5.41) is 2.93. The first-order valence-electron chi connectivity index (χ1n) is 5.76. The fourth-order valence-electron chi connectivity index (χ4n) is 2.73. The van der Waals surface area contributed by atoms with Crippen LogP contribution in [-0.2, 0) is 9.53 Å². The van der Waals surface area contributed by atoms with Gasteiger partial charge in [-0.15, -0.1) is 11.6 Å². The Morgan fingerprint density at radius 1 is 1.33 bits per heavy atom. The highest BCUT2D eigenvalue weighted by atomic mass is 35.5. The Morgan fingerprint density at radius 3 is 2.73 bits per heavy atom. The Labute approximate surface area is 95.5 Å². The summed E-state index contributed by atoms with van der Waals surface area (Å²) in [5.41, 5.74) is 0. The summed E-state index contributed by atoms with van der Waals surface area (Å²) < 4.78 is 5.18. The molecule has 2 rings (SSSR count). The highest BCUT2D eigenvalue weighted by molar-refractivity contribution is 6.17. The molecule has 0 radical (unpaired) electrons. The maximum Gasteiger partial charge on any atom is 0.223 e. The summed E-state index contributed by atoms with van der Waals surface area (Å²) in [6.45, 7) is 1.75. The third-order valence-corrected chi connectivity index (χ3v) is 3.63. The summed E-state index contributed by atoms with van der Waals surface area (Å²) in [5.74, 6) is 2.48. The van der Waals surface area contributed by atoms with Crippen LogP contribution in [-0.4, -0.2) is 31.5 Å². The molecule has 0 aromatic heterocycles. The molecule has 0 aromatic carbocycles. The molecule has 1 N–H and O–H groups in total. The maximum absolute atomic E-state index is 11.7.